The quantitative estimate of drug-likeness (QED) is 0.818. The van der Waals surface area contributed by atoms with Crippen molar-refractivity contribution in [2.24, 2.45) is 0 Å². The first-order chi connectivity index (χ1) is 11.5. The minimum Gasteiger partial charge on any atom is -0.375 e. The van der Waals surface area contributed by atoms with Crippen molar-refractivity contribution < 1.29 is 14.1 Å². The molecule has 2 atom stereocenters. The zero-order valence-electron chi connectivity index (χ0n) is 14.6. The summed E-state index contributed by atoms with van der Waals surface area (Å²) < 4.78 is 10.6. The fourth-order valence-corrected chi connectivity index (χ4v) is 2.62. The number of nitrogens with zero attached hydrogens (tertiary/aromatic N) is 1. The van der Waals surface area contributed by atoms with Gasteiger partial charge in [-0.2, -0.15) is 0 Å². The van der Waals surface area contributed by atoms with Gasteiger partial charge >= 0.3 is 6.03 Å². The largest absolute Gasteiger partial charge is 0.375 e. The number of methoxy groups -OCH3 is 1. The Morgan fingerprint density at radius 1 is 1.29 bits per heavy atom. The van der Waals surface area contributed by atoms with Crippen molar-refractivity contribution >= 4 is 6.03 Å². The Morgan fingerprint density at radius 3 is 2.58 bits per heavy atom. The number of urea groups is 1. The van der Waals surface area contributed by atoms with Gasteiger partial charge in [0.2, 0.25) is 0 Å². The van der Waals surface area contributed by atoms with Crippen LogP contribution in [0.4, 0.5) is 4.79 Å². The minimum atomic E-state index is -0.216. The van der Waals surface area contributed by atoms with Crippen LogP contribution < -0.4 is 10.6 Å². The summed E-state index contributed by atoms with van der Waals surface area (Å²) in [4.78, 5) is 12.1. The van der Waals surface area contributed by atoms with Gasteiger partial charge in [0.15, 0.2) is 0 Å². The molecule has 24 heavy (non-hydrogen) atoms. The number of carbonyl (C=O) groups excluding carboxylic acids is 1. The monoisotopic (exact) mass is 331 g/mol. The van der Waals surface area contributed by atoms with Crippen LogP contribution in [0.25, 0.3) is 0 Å². The Labute approximate surface area is 142 Å². The van der Waals surface area contributed by atoms with Gasteiger partial charge in [0.25, 0.3) is 0 Å². The topological polar surface area (TPSA) is 76.4 Å². The molecule has 6 heteroatoms. The zero-order valence-corrected chi connectivity index (χ0v) is 14.6. The summed E-state index contributed by atoms with van der Waals surface area (Å²) in [7, 11) is 1.64. The molecule has 0 aliphatic rings. The lowest BCUT2D eigenvalue weighted by Crippen LogP contribution is -2.43. The number of hydrogen-bond acceptors (Lipinski definition) is 4. The lowest BCUT2D eigenvalue weighted by Gasteiger charge is -2.18. The van der Waals surface area contributed by atoms with Gasteiger partial charge < -0.3 is 19.9 Å². The number of rotatable bonds is 7. The Balaban J connectivity index is 1.82. The van der Waals surface area contributed by atoms with E-state index in [0.29, 0.717) is 13.0 Å². The number of aryl methyl sites for hydroxylation is 2. The second-order valence-electron chi connectivity index (χ2n) is 5.90. The van der Waals surface area contributed by atoms with Crippen LogP contribution in [0.1, 0.15) is 35.6 Å². The van der Waals surface area contributed by atoms with E-state index in [-0.39, 0.29) is 18.2 Å². The van der Waals surface area contributed by atoms with Crippen LogP contribution in [-0.2, 0) is 11.2 Å². The summed E-state index contributed by atoms with van der Waals surface area (Å²) in [5.74, 6) is 0.796. The Bertz CT molecular complexity index is 635. The van der Waals surface area contributed by atoms with E-state index in [1.807, 2.05) is 51.1 Å². The maximum absolute atomic E-state index is 12.1. The van der Waals surface area contributed by atoms with Gasteiger partial charge in [-0.1, -0.05) is 35.5 Å². The average Bonchev–Trinajstić information content (AvgIpc) is 2.88. The van der Waals surface area contributed by atoms with Crippen LogP contribution in [0, 0.1) is 13.8 Å². The normalized spacial score (nSPS) is 13.3. The van der Waals surface area contributed by atoms with Crippen LogP contribution in [0.5, 0.6) is 0 Å². The highest BCUT2D eigenvalue weighted by Gasteiger charge is 2.16. The number of ether oxygens (including phenoxy) is 1. The first-order valence-electron chi connectivity index (χ1n) is 8.05. The molecule has 0 fully saturated rings. The highest BCUT2D eigenvalue weighted by Crippen LogP contribution is 2.15. The van der Waals surface area contributed by atoms with Crippen molar-refractivity contribution in [3.05, 3.63) is 52.9 Å². The molecule has 0 unspecified atom stereocenters. The number of amides is 2. The summed E-state index contributed by atoms with van der Waals surface area (Å²) in [5, 5.41) is 9.72. The molecule has 2 rings (SSSR count). The highest BCUT2D eigenvalue weighted by molar-refractivity contribution is 5.74. The van der Waals surface area contributed by atoms with Crippen molar-refractivity contribution in [2.75, 3.05) is 13.7 Å². The Hall–Kier alpha value is -2.34. The molecule has 6 nitrogen and oxygen atoms in total. The summed E-state index contributed by atoms with van der Waals surface area (Å²) >= 11 is 0. The van der Waals surface area contributed by atoms with Gasteiger partial charge in [-0.3, -0.25) is 0 Å². The van der Waals surface area contributed by atoms with Crippen LogP contribution in [0.2, 0.25) is 0 Å². The average molecular weight is 331 g/mol. The molecule has 0 radical (unpaired) electrons. The van der Waals surface area contributed by atoms with E-state index in [9.17, 15) is 4.79 Å². The number of aromatic nitrogens is 1. The van der Waals surface area contributed by atoms with E-state index in [2.05, 4.69) is 15.8 Å². The third-order valence-electron chi connectivity index (χ3n) is 3.97. The highest BCUT2D eigenvalue weighted by atomic mass is 16.5. The molecule has 1 aromatic carbocycles. The van der Waals surface area contributed by atoms with Gasteiger partial charge in [-0.15, -0.1) is 0 Å². The fraction of sp³-hybridized carbons (Fsp3) is 0.444. The molecule has 2 aromatic rings. The predicted molar refractivity (Wildman–Crippen MR) is 91.9 cm³/mol. The molecule has 0 saturated carbocycles. The zero-order chi connectivity index (χ0) is 17.5. The van der Waals surface area contributed by atoms with Crippen LogP contribution in [0.15, 0.2) is 34.9 Å². The van der Waals surface area contributed by atoms with E-state index in [1.54, 1.807) is 7.11 Å². The molecule has 1 heterocycles. The van der Waals surface area contributed by atoms with E-state index in [0.717, 1.165) is 22.6 Å². The van der Waals surface area contributed by atoms with Crippen LogP contribution in [0.3, 0.4) is 0 Å². The van der Waals surface area contributed by atoms with Crippen molar-refractivity contribution in [2.45, 2.75) is 39.3 Å². The molecule has 0 saturated heterocycles. The molecular weight excluding hydrogens is 306 g/mol. The molecule has 0 aliphatic heterocycles. The number of nitrogens with one attached hydrogen (secondary N) is 2. The molecule has 2 N–H and O–H groups in total. The summed E-state index contributed by atoms with van der Waals surface area (Å²) in [6.07, 6.45) is 0.510. The van der Waals surface area contributed by atoms with E-state index in [4.69, 9.17) is 9.26 Å². The summed E-state index contributed by atoms with van der Waals surface area (Å²) in [5.41, 5.74) is 2.94. The van der Waals surface area contributed by atoms with Crippen LogP contribution >= 0.6 is 0 Å². The first kappa shape index (κ1) is 18.0. The number of hydrogen-bond donors (Lipinski definition) is 2. The molecule has 0 spiro atoms. The summed E-state index contributed by atoms with van der Waals surface area (Å²) in [6.45, 7) is 6.15. The van der Waals surface area contributed by atoms with Crippen LogP contribution in [-0.4, -0.2) is 30.9 Å². The number of carbonyl (C=O) groups is 1. The third-order valence-corrected chi connectivity index (χ3v) is 3.97. The molecule has 1 aromatic heterocycles. The number of benzene rings is 1. The standard InChI is InChI=1S/C18H25N3O3/c1-12(10-16-13(2)21-24-14(16)3)20-18(22)19-11-17(23-4)15-8-6-5-7-9-15/h5-9,12,17H,10-11H2,1-4H3,(H2,19,20,22)/t12-,17+/m1/s1. The Kier molecular flexibility index (Phi) is 6.37. The smallest absolute Gasteiger partial charge is 0.315 e. The fourth-order valence-electron chi connectivity index (χ4n) is 2.62. The van der Waals surface area contributed by atoms with Crippen molar-refractivity contribution in [1.29, 1.82) is 0 Å². The maximum Gasteiger partial charge on any atom is 0.315 e. The Morgan fingerprint density at radius 2 is 2.00 bits per heavy atom. The first-order valence-corrected chi connectivity index (χ1v) is 8.05. The molecule has 0 aliphatic carbocycles. The van der Waals surface area contributed by atoms with Gasteiger partial charge in [0, 0.05) is 25.3 Å². The van der Waals surface area contributed by atoms with E-state index < -0.39 is 0 Å². The predicted octanol–water partition coefficient (Wildman–Crippen LogP) is 2.91. The SMILES string of the molecule is CO[C@@H](CNC(=O)N[C@H](C)Cc1c(C)noc1C)c1ccccc1. The van der Waals surface area contributed by atoms with Gasteiger partial charge in [0.05, 0.1) is 11.8 Å². The second kappa shape index (κ2) is 8.49. The lowest BCUT2D eigenvalue weighted by molar-refractivity contribution is 0.104. The second-order valence-corrected chi connectivity index (χ2v) is 5.90. The molecular formula is C18H25N3O3. The molecule has 0 bridgehead atoms. The van der Waals surface area contributed by atoms with E-state index >= 15 is 0 Å². The third kappa shape index (κ3) is 4.83. The van der Waals surface area contributed by atoms with E-state index in [1.165, 1.54) is 0 Å². The van der Waals surface area contributed by atoms with Crippen molar-refractivity contribution in [1.82, 2.24) is 15.8 Å². The molecule has 2 amide bonds. The molecule has 130 valence electrons. The van der Waals surface area contributed by atoms with Gasteiger partial charge in [-0.25, -0.2) is 4.79 Å². The van der Waals surface area contributed by atoms with Gasteiger partial charge in [0.1, 0.15) is 5.76 Å². The minimum absolute atomic E-state index is 0.0282. The van der Waals surface area contributed by atoms with Gasteiger partial charge in [-0.05, 0) is 32.8 Å². The van der Waals surface area contributed by atoms with Crippen molar-refractivity contribution in [3.8, 4) is 0 Å². The lowest BCUT2D eigenvalue weighted by atomic mass is 10.1. The maximum atomic E-state index is 12.1. The van der Waals surface area contributed by atoms with Crippen molar-refractivity contribution in [3.63, 3.8) is 0 Å². The summed E-state index contributed by atoms with van der Waals surface area (Å²) in [6, 6.07) is 9.57.